The molecule has 0 heterocycles. The summed E-state index contributed by atoms with van der Waals surface area (Å²) in [6.45, 7) is 4.85. The summed E-state index contributed by atoms with van der Waals surface area (Å²) in [6.07, 6.45) is 9.67. The lowest BCUT2D eigenvalue weighted by Gasteiger charge is -2.61. The van der Waals surface area contributed by atoms with Gasteiger partial charge in [0.05, 0.1) is 11.7 Å². The van der Waals surface area contributed by atoms with Gasteiger partial charge in [0.2, 0.25) is 0 Å². The molecule has 0 aliphatic heterocycles. The first-order valence-corrected chi connectivity index (χ1v) is 13.1. The third-order valence-corrected chi connectivity index (χ3v) is 12.7. The van der Waals surface area contributed by atoms with Crippen molar-refractivity contribution in [3.8, 4) is 5.75 Å². The first-order valence-electron chi connectivity index (χ1n) is 13.1. The Labute approximate surface area is 197 Å². The molecule has 0 radical (unpaired) electrons. The van der Waals surface area contributed by atoms with E-state index in [-0.39, 0.29) is 22.2 Å². The molecule has 178 valence electrons. The highest BCUT2D eigenvalue weighted by molar-refractivity contribution is 5.42. The van der Waals surface area contributed by atoms with E-state index < -0.39 is 11.7 Å². The van der Waals surface area contributed by atoms with Crippen molar-refractivity contribution < 1.29 is 20.1 Å². The van der Waals surface area contributed by atoms with Crippen LogP contribution in [0, 0.1) is 51.8 Å². The highest BCUT2D eigenvalue weighted by Gasteiger charge is 2.87. The molecular weight excluding hydrogens is 412 g/mol. The third-order valence-electron chi connectivity index (χ3n) is 12.7. The van der Waals surface area contributed by atoms with E-state index in [4.69, 9.17) is 4.74 Å². The Morgan fingerprint density at radius 1 is 1.03 bits per heavy atom. The molecule has 0 amide bonds. The number of aliphatic hydroxyl groups is 2. The molecule has 4 heteroatoms. The first-order chi connectivity index (χ1) is 15.7. The van der Waals surface area contributed by atoms with Crippen molar-refractivity contribution in [2.75, 3.05) is 7.11 Å². The van der Waals surface area contributed by atoms with Crippen molar-refractivity contribution >= 4 is 0 Å². The third kappa shape index (κ3) is 2.03. The van der Waals surface area contributed by atoms with E-state index in [1.54, 1.807) is 13.2 Å². The molecule has 6 bridgehead atoms. The van der Waals surface area contributed by atoms with Gasteiger partial charge in [0, 0.05) is 12.5 Å². The maximum absolute atomic E-state index is 12.4. The van der Waals surface area contributed by atoms with E-state index in [2.05, 4.69) is 19.9 Å². The van der Waals surface area contributed by atoms with Gasteiger partial charge < -0.3 is 20.1 Å². The van der Waals surface area contributed by atoms with Crippen LogP contribution in [0.5, 0.6) is 5.75 Å². The van der Waals surface area contributed by atoms with Gasteiger partial charge in [0.25, 0.3) is 0 Å². The molecule has 1 aromatic carbocycles. The molecule has 11 unspecified atom stereocenters. The van der Waals surface area contributed by atoms with E-state index in [1.165, 1.54) is 32.1 Å². The molecule has 33 heavy (non-hydrogen) atoms. The first kappa shape index (κ1) is 20.8. The fourth-order valence-electron chi connectivity index (χ4n) is 11.6. The van der Waals surface area contributed by atoms with Gasteiger partial charge in [-0.25, -0.2) is 0 Å². The number of fused-ring (bicyclic) bond motifs is 3. The number of hydrogen-bond acceptors (Lipinski definition) is 4. The molecule has 5 saturated carbocycles. The van der Waals surface area contributed by atoms with Crippen molar-refractivity contribution in [1.29, 1.82) is 0 Å². The standard InChI is InChI=1S/C29H38O4/c1-26-13-19-11-20-9-8-17-14-28(20,15-18(17)10-16-6-4-5-7-21(16)30)27(26,2)24(19)25-22(31)12-23(33-3)29(25,26)32/h4-7,12,17-20,23-25,30-32H,8-11,13-15H2,1-3H3. The number of rotatable bonds is 3. The number of benzene rings is 1. The Bertz CT molecular complexity index is 1050. The van der Waals surface area contributed by atoms with E-state index >= 15 is 0 Å². The van der Waals surface area contributed by atoms with Crippen molar-refractivity contribution in [3.05, 3.63) is 41.7 Å². The van der Waals surface area contributed by atoms with Crippen LogP contribution in [0.2, 0.25) is 0 Å². The SMILES string of the molecule is COC1C=C(O)C2C3C4CC5CCC6CC5(CC6Cc5ccccc5O)C3(C)C(C)(C4)C12O. The molecule has 3 N–H and O–H groups in total. The number of phenols is 1. The van der Waals surface area contributed by atoms with E-state index in [0.29, 0.717) is 41.1 Å². The molecule has 4 nitrogen and oxygen atoms in total. The minimum Gasteiger partial charge on any atom is -0.512 e. The number of hydrogen-bond donors (Lipinski definition) is 3. The molecule has 1 spiro atoms. The van der Waals surface area contributed by atoms with Crippen LogP contribution in [0.25, 0.3) is 0 Å². The number of aromatic hydroxyl groups is 1. The Balaban J connectivity index is 1.34. The van der Waals surface area contributed by atoms with Crippen LogP contribution in [0.15, 0.2) is 36.1 Å². The van der Waals surface area contributed by atoms with Crippen LogP contribution in [0.4, 0.5) is 0 Å². The Kier molecular flexibility index (Phi) is 3.90. The second kappa shape index (κ2) is 6.18. The fourth-order valence-corrected chi connectivity index (χ4v) is 11.6. The zero-order valence-electron chi connectivity index (χ0n) is 20.1. The average Bonchev–Trinajstić information content (AvgIpc) is 3.34. The van der Waals surface area contributed by atoms with Crippen molar-refractivity contribution in [1.82, 2.24) is 0 Å². The van der Waals surface area contributed by atoms with Crippen LogP contribution in [0.3, 0.4) is 0 Å². The van der Waals surface area contributed by atoms with Gasteiger partial charge in [0.15, 0.2) is 0 Å². The molecular formula is C29H38O4. The van der Waals surface area contributed by atoms with E-state index in [1.807, 2.05) is 18.2 Å². The summed E-state index contributed by atoms with van der Waals surface area (Å²) in [5.74, 6) is 3.50. The minimum atomic E-state index is -1.02. The van der Waals surface area contributed by atoms with Gasteiger partial charge in [-0.15, -0.1) is 0 Å². The van der Waals surface area contributed by atoms with Crippen molar-refractivity contribution in [2.24, 2.45) is 51.8 Å². The number of aliphatic hydroxyl groups excluding tert-OH is 1. The van der Waals surface area contributed by atoms with E-state index in [9.17, 15) is 15.3 Å². The Hall–Kier alpha value is -1.52. The number of para-hydroxylation sites is 1. The van der Waals surface area contributed by atoms with E-state index in [0.717, 1.165) is 18.4 Å². The summed E-state index contributed by atoms with van der Waals surface area (Å²) < 4.78 is 5.82. The highest BCUT2D eigenvalue weighted by Crippen LogP contribution is 2.88. The molecule has 1 aromatic rings. The fraction of sp³-hybridized carbons (Fsp3) is 0.724. The highest BCUT2D eigenvalue weighted by atomic mass is 16.5. The molecule has 6 aliphatic rings. The topological polar surface area (TPSA) is 69.9 Å². The normalized spacial score (nSPS) is 55.4. The minimum absolute atomic E-state index is 0.0157. The summed E-state index contributed by atoms with van der Waals surface area (Å²) in [5.41, 5.74) is -0.0253. The second-order valence-corrected chi connectivity index (χ2v) is 13.0. The van der Waals surface area contributed by atoms with Crippen LogP contribution < -0.4 is 0 Å². The van der Waals surface area contributed by atoms with Gasteiger partial charge in [0.1, 0.15) is 17.5 Å². The monoisotopic (exact) mass is 450 g/mol. The van der Waals surface area contributed by atoms with Gasteiger partial charge in [-0.2, -0.15) is 0 Å². The number of ether oxygens (including phenoxy) is 1. The van der Waals surface area contributed by atoms with Crippen LogP contribution in [0.1, 0.15) is 57.9 Å². The lowest BCUT2D eigenvalue weighted by Crippen LogP contribution is -2.60. The van der Waals surface area contributed by atoms with Crippen LogP contribution in [-0.2, 0) is 11.2 Å². The van der Waals surface area contributed by atoms with Gasteiger partial charge in [-0.05, 0) is 103 Å². The molecule has 7 rings (SSSR count). The van der Waals surface area contributed by atoms with Crippen LogP contribution >= 0.6 is 0 Å². The molecule has 6 aliphatic carbocycles. The van der Waals surface area contributed by atoms with Gasteiger partial charge >= 0.3 is 0 Å². The maximum atomic E-state index is 12.4. The summed E-state index contributed by atoms with van der Waals surface area (Å²) in [5, 5.41) is 34.0. The maximum Gasteiger partial charge on any atom is 0.118 e. The second-order valence-electron chi connectivity index (χ2n) is 13.0. The van der Waals surface area contributed by atoms with Gasteiger partial charge in [-0.3, -0.25) is 0 Å². The molecule has 0 saturated heterocycles. The predicted octanol–water partition coefficient (Wildman–Crippen LogP) is 5.24. The largest absolute Gasteiger partial charge is 0.512 e. The smallest absolute Gasteiger partial charge is 0.118 e. The number of phenolic OH excluding ortho intramolecular Hbond substituents is 1. The Morgan fingerprint density at radius 3 is 2.58 bits per heavy atom. The van der Waals surface area contributed by atoms with Crippen molar-refractivity contribution in [3.63, 3.8) is 0 Å². The quantitative estimate of drug-likeness (QED) is 0.589. The summed E-state index contributed by atoms with van der Waals surface area (Å²) in [6, 6.07) is 7.86. The van der Waals surface area contributed by atoms with Crippen LogP contribution in [-0.4, -0.2) is 34.1 Å². The predicted molar refractivity (Wildman–Crippen MR) is 126 cm³/mol. The lowest BCUT2D eigenvalue weighted by atomic mass is 9.43. The zero-order valence-corrected chi connectivity index (χ0v) is 20.1. The lowest BCUT2D eigenvalue weighted by molar-refractivity contribution is -0.187. The molecule has 0 aromatic heterocycles. The summed E-state index contributed by atoms with van der Waals surface area (Å²) >= 11 is 0. The summed E-state index contributed by atoms with van der Waals surface area (Å²) in [7, 11) is 1.67. The van der Waals surface area contributed by atoms with Gasteiger partial charge in [-0.1, -0.05) is 32.0 Å². The molecule has 11 atom stereocenters. The summed E-state index contributed by atoms with van der Waals surface area (Å²) in [4.78, 5) is 0. The number of methoxy groups -OCH3 is 1. The average molecular weight is 451 g/mol. The Morgan fingerprint density at radius 2 is 1.82 bits per heavy atom. The van der Waals surface area contributed by atoms with Crippen molar-refractivity contribution in [2.45, 2.75) is 70.5 Å². The zero-order chi connectivity index (χ0) is 23.0. The molecule has 5 fully saturated rings.